The zero-order valence-corrected chi connectivity index (χ0v) is 19.3. The number of esters is 1. The second-order valence-corrected chi connectivity index (χ2v) is 10.1. The summed E-state index contributed by atoms with van der Waals surface area (Å²) in [5.74, 6) is -0.475. The maximum Gasteiger partial charge on any atom is 0.378 e. The van der Waals surface area contributed by atoms with Crippen molar-refractivity contribution in [3.8, 4) is 0 Å². The number of aryl methyl sites for hydroxylation is 1. The molecule has 1 heterocycles. The van der Waals surface area contributed by atoms with Crippen LogP contribution in [0, 0.1) is 6.92 Å². The van der Waals surface area contributed by atoms with Gasteiger partial charge in [-0.15, -0.1) is 0 Å². The number of benzene rings is 2. The molecule has 0 saturated carbocycles. The minimum absolute atomic E-state index is 0.245. The van der Waals surface area contributed by atoms with Gasteiger partial charge < -0.3 is 4.74 Å². The van der Waals surface area contributed by atoms with Gasteiger partial charge in [0.2, 0.25) is 0 Å². The Bertz CT molecular complexity index is 1010. The first-order valence-electron chi connectivity index (χ1n) is 9.59. The molecular formula is C21H25Cl2N2O4S+. The molecule has 0 amide bonds. The third-order valence-corrected chi connectivity index (χ3v) is 7.92. The number of nitrogens with zero attached hydrogens (tertiary/aromatic N) is 2. The highest BCUT2D eigenvalue weighted by atomic mass is 35.5. The molecule has 0 aromatic heterocycles. The van der Waals surface area contributed by atoms with Crippen molar-refractivity contribution in [1.29, 1.82) is 0 Å². The van der Waals surface area contributed by atoms with Crippen LogP contribution in [0.3, 0.4) is 0 Å². The maximum atomic E-state index is 13.4. The molecule has 2 aromatic carbocycles. The number of carbonyl (C=O) groups excluding carboxylic acids is 1. The molecule has 1 aliphatic heterocycles. The Morgan fingerprint density at radius 3 is 2.37 bits per heavy atom. The summed E-state index contributed by atoms with van der Waals surface area (Å²) in [6.45, 7) is 5.41. The Hall–Kier alpha value is -1.64. The van der Waals surface area contributed by atoms with Crippen molar-refractivity contribution in [2.24, 2.45) is 0 Å². The van der Waals surface area contributed by atoms with Gasteiger partial charge in [0.1, 0.15) is 11.5 Å². The van der Waals surface area contributed by atoms with Crippen LogP contribution in [0.1, 0.15) is 15.9 Å². The number of halogens is 2. The van der Waals surface area contributed by atoms with Crippen molar-refractivity contribution >= 4 is 39.2 Å². The van der Waals surface area contributed by atoms with E-state index in [1.807, 2.05) is 35.5 Å². The van der Waals surface area contributed by atoms with E-state index in [0.717, 1.165) is 5.56 Å². The van der Waals surface area contributed by atoms with Gasteiger partial charge in [-0.3, -0.25) is 4.90 Å². The number of ether oxygens (including phenoxy) is 1. The Balaban J connectivity index is 1.51. The minimum Gasteiger partial charge on any atom is -0.461 e. The molecule has 0 radical (unpaired) electrons. The lowest BCUT2D eigenvalue weighted by molar-refractivity contribution is 0.0443. The highest BCUT2D eigenvalue weighted by Crippen LogP contribution is 2.22. The van der Waals surface area contributed by atoms with Gasteiger partial charge in [-0.1, -0.05) is 40.9 Å². The molecule has 1 aliphatic rings. The molecule has 1 atom stereocenters. The van der Waals surface area contributed by atoms with Crippen LogP contribution in [0.25, 0.3) is 0 Å². The van der Waals surface area contributed by atoms with E-state index in [4.69, 9.17) is 31.8 Å². The number of carbonyl (C=O) groups is 1. The quantitative estimate of drug-likeness (QED) is 0.474. The van der Waals surface area contributed by atoms with Gasteiger partial charge in [-0.25, -0.2) is 4.79 Å². The number of rotatable bonds is 6. The van der Waals surface area contributed by atoms with Crippen LogP contribution in [-0.4, -0.2) is 65.8 Å². The first-order valence-corrected chi connectivity index (χ1v) is 11.8. The second-order valence-electron chi connectivity index (χ2n) is 6.99. The van der Waals surface area contributed by atoms with E-state index in [1.54, 1.807) is 12.1 Å². The number of piperazine rings is 1. The molecule has 0 bridgehead atoms. The fourth-order valence-corrected chi connectivity index (χ4v) is 5.57. The molecule has 2 aromatic rings. The van der Waals surface area contributed by atoms with Gasteiger partial charge >= 0.3 is 16.0 Å². The predicted octanol–water partition coefficient (Wildman–Crippen LogP) is 3.85. The summed E-state index contributed by atoms with van der Waals surface area (Å²) in [5.41, 5.74) is 1.40. The number of hydrogen-bond donors (Lipinski definition) is 0. The van der Waals surface area contributed by atoms with E-state index in [-0.39, 0.29) is 11.6 Å². The summed E-state index contributed by atoms with van der Waals surface area (Å²) >= 11 is 11.9. The van der Waals surface area contributed by atoms with Gasteiger partial charge in [0.05, 0.1) is 10.6 Å². The minimum atomic E-state index is -2.73. The Labute approximate surface area is 187 Å². The van der Waals surface area contributed by atoms with Crippen LogP contribution < -0.4 is 0 Å². The van der Waals surface area contributed by atoms with Gasteiger partial charge in [-0.2, -0.15) is 12.4 Å². The summed E-state index contributed by atoms with van der Waals surface area (Å²) in [6, 6.07) is 12.3. The molecule has 1 fully saturated rings. The molecule has 30 heavy (non-hydrogen) atoms. The zero-order valence-electron chi connectivity index (χ0n) is 17.0. The van der Waals surface area contributed by atoms with E-state index in [2.05, 4.69) is 4.90 Å². The lowest BCUT2D eigenvalue weighted by atomic mass is 10.2. The summed E-state index contributed by atoms with van der Waals surface area (Å²) in [4.78, 5) is 15.0. The summed E-state index contributed by atoms with van der Waals surface area (Å²) in [7, 11) is -1.25. The Kier molecular flexibility index (Phi) is 7.76. The SMILES string of the molecule is C[O+]=S(=O)(c1ccc(C)cc1)N1CCN(CCOC(=O)c2ccc(Cl)cc2Cl)CC1. The molecular weight excluding hydrogens is 447 g/mol. The fraction of sp³-hybridized carbons (Fsp3) is 0.381. The normalized spacial score (nSPS) is 17.3. The van der Waals surface area contributed by atoms with Crippen LogP contribution >= 0.6 is 23.2 Å². The van der Waals surface area contributed by atoms with Crippen molar-refractivity contribution in [3.05, 3.63) is 63.6 Å². The van der Waals surface area contributed by atoms with Gasteiger partial charge in [0.25, 0.3) is 7.11 Å². The largest absolute Gasteiger partial charge is 0.461 e. The predicted molar refractivity (Wildman–Crippen MR) is 119 cm³/mol. The Morgan fingerprint density at radius 2 is 1.77 bits per heavy atom. The maximum absolute atomic E-state index is 13.4. The van der Waals surface area contributed by atoms with Crippen molar-refractivity contribution in [1.82, 2.24) is 9.21 Å². The summed E-state index contributed by atoms with van der Waals surface area (Å²) in [5, 5.41) is 0.735. The molecule has 0 aliphatic carbocycles. The second kappa shape index (κ2) is 10.1. The lowest BCUT2D eigenvalue weighted by Crippen LogP contribution is -2.49. The smallest absolute Gasteiger partial charge is 0.378 e. The van der Waals surface area contributed by atoms with Gasteiger partial charge in [-0.05, 0) is 37.3 Å². The third-order valence-electron chi connectivity index (χ3n) is 5.01. The molecule has 1 saturated heterocycles. The summed E-state index contributed by atoms with van der Waals surface area (Å²) < 4.78 is 26.1. The topological polar surface area (TPSA) is 61.1 Å². The lowest BCUT2D eigenvalue weighted by Gasteiger charge is -2.32. The van der Waals surface area contributed by atoms with Crippen molar-refractivity contribution < 1.29 is 17.6 Å². The molecule has 1 unspecified atom stereocenters. The van der Waals surface area contributed by atoms with E-state index in [1.165, 1.54) is 13.2 Å². The average molecular weight is 472 g/mol. The van der Waals surface area contributed by atoms with Crippen LogP contribution in [-0.2, 0) is 18.6 Å². The van der Waals surface area contributed by atoms with Crippen molar-refractivity contribution in [2.75, 3.05) is 46.4 Å². The molecule has 3 rings (SSSR count). The standard InChI is InChI=1S/C21H25Cl2N2O4S/c1-16-3-6-18(7-4-16)30(27,28-2)25-11-9-24(10-12-25)13-14-29-21(26)19-8-5-17(22)15-20(19)23/h3-8,15H,9-14H2,1-2H3/q+1. The van der Waals surface area contributed by atoms with Gasteiger partial charge in [0.15, 0.2) is 0 Å². The van der Waals surface area contributed by atoms with E-state index in [9.17, 15) is 9.00 Å². The molecule has 0 spiro atoms. The van der Waals surface area contributed by atoms with E-state index in [0.29, 0.717) is 48.2 Å². The molecule has 0 N–H and O–H groups in total. The van der Waals surface area contributed by atoms with Crippen LogP contribution in [0.5, 0.6) is 0 Å². The Morgan fingerprint density at radius 1 is 1.10 bits per heavy atom. The first kappa shape index (κ1) is 23.0. The summed E-state index contributed by atoms with van der Waals surface area (Å²) in [6.07, 6.45) is 0. The third kappa shape index (κ3) is 5.34. The zero-order chi connectivity index (χ0) is 21.7. The molecule has 6 nitrogen and oxygen atoms in total. The van der Waals surface area contributed by atoms with Crippen LogP contribution in [0.4, 0.5) is 0 Å². The highest BCUT2D eigenvalue weighted by molar-refractivity contribution is 7.89. The highest BCUT2D eigenvalue weighted by Gasteiger charge is 2.34. The van der Waals surface area contributed by atoms with Crippen molar-refractivity contribution in [3.63, 3.8) is 0 Å². The monoisotopic (exact) mass is 471 g/mol. The van der Waals surface area contributed by atoms with Crippen LogP contribution in [0.2, 0.25) is 10.0 Å². The van der Waals surface area contributed by atoms with Gasteiger partial charge in [0, 0.05) is 37.7 Å². The van der Waals surface area contributed by atoms with Crippen LogP contribution in [0.15, 0.2) is 47.4 Å². The van der Waals surface area contributed by atoms with E-state index < -0.39 is 16.0 Å². The first-order chi connectivity index (χ1) is 14.3. The number of hydrogen-bond acceptors (Lipinski definition) is 4. The fourth-order valence-electron chi connectivity index (χ4n) is 3.25. The average Bonchev–Trinajstić information content (AvgIpc) is 2.74. The van der Waals surface area contributed by atoms with E-state index >= 15 is 0 Å². The molecule has 9 heteroatoms. The molecule has 162 valence electrons. The van der Waals surface area contributed by atoms with Crippen molar-refractivity contribution in [2.45, 2.75) is 11.8 Å².